The number of halogens is 1. The quantitative estimate of drug-likeness (QED) is 0.770. The lowest BCUT2D eigenvalue weighted by molar-refractivity contribution is -0.120. The third-order valence-electron chi connectivity index (χ3n) is 5.16. The first-order chi connectivity index (χ1) is 13.6. The first-order valence-electron chi connectivity index (χ1n) is 9.98. The third kappa shape index (κ3) is 4.66. The van der Waals surface area contributed by atoms with E-state index in [1.54, 1.807) is 16.0 Å². The summed E-state index contributed by atoms with van der Waals surface area (Å²) in [5.41, 5.74) is 7.19. The van der Waals surface area contributed by atoms with E-state index in [0.29, 0.717) is 23.5 Å². The Labute approximate surface area is 171 Å². The lowest BCUT2D eigenvalue weighted by Crippen LogP contribution is -2.51. The van der Waals surface area contributed by atoms with Gasteiger partial charge in [0.15, 0.2) is 0 Å². The summed E-state index contributed by atoms with van der Waals surface area (Å²) in [6.45, 7) is 6.89. The molecule has 2 aliphatic rings. The van der Waals surface area contributed by atoms with Crippen LogP contribution in [-0.2, 0) is 9.59 Å². The Bertz CT molecular complexity index is 868. The molecule has 1 heterocycles. The van der Waals surface area contributed by atoms with Gasteiger partial charge in [-0.15, -0.1) is 0 Å². The lowest BCUT2D eigenvalue weighted by atomic mass is 10.0. The maximum atomic E-state index is 13.7. The van der Waals surface area contributed by atoms with E-state index in [4.69, 9.17) is 5.73 Å². The Kier molecular flexibility index (Phi) is 5.78. The van der Waals surface area contributed by atoms with E-state index in [0.717, 1.165) is 18.4 Å². The fourth-order valence-electron chi connectivity index (χ4n) is 3.62. The average molecular weight is 400 g/mol. The first-order valence-corrected chi connectivity index (χ1v) is 9.98. The van der Waals surface area contributed by atoms with Crippen molar-refractivity contribution in [3.05, 3.63) is 30.0 Å². The van der Waals surface area contributed by atoms with E-state index in [9.17, 15) is 14.0 Å². The predicted octanol–water partition coefficient (Wildman–Crippen LogP) is 3.30. The molecule has 0 unspecified atom stereocenters. The summed E-state index contributed by atoms with van der Waals surface area (Å²) in [6, 6.07) is 5.44. The molecule has 2 N–H and O–H groups in total. The van der Waals surface area contributed by atoms with Crippen LogP contribution < -0.4 is 15.5 Å². The van der Waals surface area contributed by atoms with Crippen molar-refractivity contribution in [1.29, 1.82) is 0 Å². The summed E-state index contributed by atoms with van der Waals surface area (Å²) >= 11 is 0. The number of rotatable bonds is 5. The van der Waals surface area contributed by atoms with Gasteiger partial charge < -0.3 is 15.5 Å². The first kappa shape index (κ1) is 21.0. The number of carbonyl (C=O) groups excluding carboxylic acids is 2. The van der Waals surface area contributed by atoms with Crippen LogP contribution in [0.25, 0.3) is 5.57 Å². The van der Waals surface area contributed by atoms with E-state index in [-0.39, 0.29) is 30.3 Å². The minimum Gasteiger partial charge on any atom is -0.404 e. The van der Waals surface area contributed by atoms with Gasteiger partial charge >= 0.3 is 0 Å². The van der Waals surface area contributed by atoms with Gasteiger partial charge in [-0.2, -0.15) is 0 Å². The normalized spacial score (nSPS) is 20.2. The maximum absolute atomic E-state index is 13.7. The number of alkyl halides is 1. The van der Waals surface area contributed by atoms with Gasteiger partial charge in [-0.25, -0.2) is 4.39 Å². The van der Waals surface area contributed by atoms with Crippen molar-refractivity contribution in [2.45, 2.75) is 52.2 Å². The van der Waals surface area contributed by atoms with E-state index < -0.39 is 5.67 Å². The van der Waals surface area contributed by atoms with Gasteiger partial charge in [-0.1, -0.05) is 6.07 Å². The van der Waals surface area contributed by atoms with Crippen LogP contribution in [-0.4, -0.2) is 42.8 Å². The van der Waals surface area contributed by atoms with E-state index >= 15 is 0 Å². The average Bonchev–Trinajstić information content (AvgIpc) is 3.47. The molecule has 2 amide bonds. The molecule has 1 aromatic carbocycles. The van der Waals surface area contributed by atoms with Gasteiger partial charge in [0.2, 0.25) is 11.8 Å². The van der Waals surface area contributed by atoms with Crippen LogP contribution in [0.4, 0.5) is 15.8 Å². The zero-order valence-electron chi connectivity index (χ0n) is 17.5. The molecular formula is C22H29FN4O2. The van der Waals surface area contributed by atoms with Crippen molar-refractivity contribution in [3.63, 3.8) is 0 Å². The molecule has 7 heteroatoms. The Hall–Kier alpha value is -2.70. The van der Waals surface area contributed by atoms with E-state index in [1.165, 1.54) is 27.0 Å². The van der Waals surface area contributed by atoms with Crippen LogP contribution >= 0.6 is 0 Å². The highest BCUT2D eigenvalue weighted by molar-refractivity contribution is 6.11. The van der Waals surface area contributed by atoms with Crippen molar-refractivity contribution in [2.75, 3.05) is 22.9 Å². The summed E-state index contributed by atoms with van der Waals surface area (Å²) in [5, 5.41) is 0. The fraction of sp³-hybridized carbons (Fsp3) is 0.500. The zero-order valence-corrected chi connectivity index (χ0v) is 17.5. The Morgan fingerprint density at radius 3 is 2.55 bits per heavy atom. The largest absolute Gasteiger partial charge is 0.404 e. The molecule has 0 radical (unpaired) electrons. The molecule has 3 rings (SSSR count). The summed E-state index contributed by atoms with van der Waals surface area (Å²) in [5.74, 6) is 0.108. The van der Waals surface area contributed by atoms with Gasteiger partial charge in [0.1, 0.15) is 5.67 Å². The Morgan fingerprint density at radius 2 is 2.00 bits per heavy atom. The number of fused-ring (bicyclic) bond motifs is 1. The summed E-state index contributed by atoms with van der Waals surface area (Å²) in [6.07, 6.45) is 4.78. The maximum Gasteiger partial charge on any atom is 0.230 e. The van der Waals surface area contributed by atoms with Crippen LogP contribution in [0.1, 0.15) is 46.1 Å². The van der Waals surface area contributed by atoms with Crippen LogP contribution in [0.15, 0.2) is 29.4 Å². The molecule has 1 atom stereocenters. The molecule has 1 saturated carbocycles. The second-order valence-corrected chi connectivity index (χ2v) is 8.48. The smallest absolute Gasteiger partial charge is 0.230 e. The number of nitrogens with zero attached hydrogens (tertiary/aromatic N) is 3. The van der Waals surface area contributed by atoms with Crippen LogP contribution in [0.3, 0.4) is 0 Å². The number of allylic oxidation sites excluding steroid dienone is 1. The third-order valence-corrected chi connectivity index (χ3v) is 5.16. The molecule has 0 aromatic heterocycles. The van der Waals surface area contributed by atoms with Crippen LogP contribution in [0, 0.1) is 5.92 Å². The number of hydrogen-bond acceptors (Lipinski definition) is 4. The highest BCUT2D eigenvalue weighted by Crippen LogP contribution is 2.41. The molecule has 1 aromatic rings. The second-order valence-electron chi connectivity index (χ2n) is 8.48. The number of carbonyl (C=O) groups is 2. The molecule has 0 spiro atoms. The fourth-order valence-corrected chi connectivity index (χ4v) is 3.62. The Morgan fingerprint density at radius 1 is 1.31 bits per heavy atom. The van der Waals surface area contributed by atoms with E-state index in [1.807, 2.05) is 25.1 Å². The highest BCUT2D eigenvalue weighted by Gasteiger charge is 2.39. The highest BCUT2D eigenvalue weighted by atomic mass is 19.1. The monoisotopic (exact) mass is 400 g/mol. The van der Waals surface area contributed by atoms with Crippen molar-refractivity contribution >= 4 is 35.0 Å². The minimum absolute atomic E-state index is 0.0250. The summed E-state index contributed by atoms with van der Waals surface area (Å²) in [4.78, 5) is 32.8. The predicted molar refractivity (Wildman–Crippen MR) is 115 cm³/mol. The molecular weight excluding hydrogens is 371 g/mol. The van der Waals surface area contributed by atoms with Crippen molar-refractivity contribution in [1.82, 2.24) is 0 Å². The molecule has 0 saturated heterocycles. The van der Waals surface area contributed by atoms with Crippen LogP contribution in [0.5, 0.6) is 0 Å². The van der Waals surface area contributed by atoms with Crippen molar-refractivity contribution < 1.29 is 14.0 Å². The number of aliphatic imine (C=N–C) groups is 1. The number of anilines is 2. The molecule has 1 fully saturated rings. The molecule has 29 heavy (non-hydrogen) atoms. The summed E-state index contributed by atoms with van der Waals surface area (Å²) < 4.78 is 13.7. The molecule has 1 aliphatic carbocycles. The number of nitrogens with two attached hydrogens (primary N) is 1. The minimum atomic E-state index is -1.41. The number of amides is 2. The molecule has 156 valence electrons. The zero-order chi connectivity index (χ0) is 21.3. The van der Waals surface area contributed by atoms with Crippen molar-refractivity contribution in [3.8, 4) is 0 Å². The standard InChI is InChI=1S/C22H29FN4O2/c1-14-12-26(21(29)16-5-6-16)20-9-17(7-8-19(20)27(14)15(2)28)18(10-24)11-25-13-22(3,4)23/h7-11,14,16H,5-6,12-13,24H2,1-4H3/b18-10+,25-11?/t14-/m0/s1. The lowest BCUT2D eigenvalue weighted by Gasteiger charge is -2.41. The molecule has 1 aliphatic heterocycles. The van der Waals surface area contributed by atoms with Crippen molar-refractivity contribution in [2.24, 2.45) is 16.6 Å². The van der Waals surface area contributed by atoms with Gasteiger partial charge in [-0.05, 0) is 51.3 Å². The van der Waals surface area contributed by atoms with Gasteiger partial charge in [0, 0.05) is 37.4 Å². The topological polar surface area (TPSA) is 79.0 Å². The van der Waals surface area contributed by atoms with Gasteiger partial charge in [0.05, 0.1) is 24.0 Å². The van der Waals surface area contributed by atoms with Crippen LogP contribution in [0.2, 0.25) is 0 Å². The number of hydrogen-bond donors (Lipinski definition) is 1. The molecule has 6 nitrogen and oxygen atoms in total. The summed E-state index contributed by atoms with van der Waals surface area (Å²) in [7, 11) is 0. The van der Waals surface area contributed by atoms with Gasteiger partial charge in [0.25, 0.3) is 0 Å². The Balaban J connectivity index is 1.99. The van der Waals surface area contributed by atoms with Gasteiger partial charge in [-0.3, -0.25) is 14.6 Å². The second kappa shape index (κ2) is 7.97. The SMILES string of the molecule is CC(=O)N1c2ccc(/C(C=NCC(C)(C)F)=C/N)cc2N(C(=O)C2CC2)C[C@@H]1C. The van der Waals surface area contributed by atoms with E-state index in [2.05, 4.69) is 4.99 Å². The molecule has 0 bridgehead atoms. The number of benzene rings is 1.